The lowest BCUT2D eigenvalue weighted by atomic mass is 9.87. The average Bonchev–Trinajstić information content (AvgIpc) is 2.82. The lowest BCUT2D eigenvalue weighted by molar-refractivity contribution is 0.0599. The van der Waals surface area contributed by atoms with Crippen LogP contribution in [0.2, 0.25) is 5.02 Å². The van der Waals surface area contributed by atoms with E-state index in [-0.39, 0.29) is 5.97 Å². The molecule has 0 unspecified atom stereocenters. The molecule has 0 bridgehead atoms. The van der Waals surface area contributed by atoms with Crippen LogP contribution in [0, 0.1) is 0 Å². The molecule has 31 heavy (non-hydrogen) atoms. The van der Waals surface area contributed by atoms with Crippen molar-refractivity contribution in [3.8, 4) is 5.75 Å². The van der Waals surface area contributed by atoms with Gasteiger partial charge in [-0.05, 0) is 72.7 Å². The fourth-order valence-corrected chi connectivity index (χ4v) is 4.17. The van der Waals surface area contributed by atoms with Gasteiger partial charge in [0.15, 0.2) is 0 Å². The van der Waals surface area contributed by atoms with E-state index >= 15 is 0 Å². The highest BCUT2D eigenvalue weighted by atomic mass is 35.5. The van der Waals surface area contributed by atoms with E-state index in [1.807, 2.05) is 31.3 Å². The number of hydrogen-bond acceptors (Lipinski definition) is 5. The third kappa shape index (κ3) is 4.67. The number of halogens is 1. The standard InChI is InChI=1S/C25H25ClN2O3/c1-28(20-7-5-19(26)6-8-20)21-9-10-22-17(12-14-31-24(22)15-21)3-4-18-16-27-13-11-23(18)25(29)30-2/h5-11,13,15-17H,3-4,12,14H2,1-2H3/t17-/m1/s1. The molecule has 2 aromatic carbocycles. The molecule has 0 radical (unpaired) electrons. The van der Waals surface area contributed by atoms with Gasteiger partial charge in [0.2, 0.25) is 0 Å². The molecule has 0 spiro atoms. The molecular formula is C25H25ClN2O3. The summed E-state index contributed by atoms with van der Waals surface area (Å²) in [4.78, 5) is 18.3. The fraction of sp³-hybridized carbons (Fsp3) is 0.280. The van der Waals surface area contributed by atoms with E-state index in [0.29, 0.717) is 18.1 Å². The van der Waals surface area contributed by atoms with Crippen LogP contribution in [-0.4, -0.2) is 31.7 Å². The number of anilines is 2. The van der Waals surface area contributed by atoms with Gasteiger partial charge in [0.05, 0.1) is 19.3 Å². The smallest absolute Gasteiger partial charge is 0.338 e. The highest BCUT2D eigenvalue weighted by Crippen LogP contribution is 2.39. The molecule has 1 atom stereocenters. The first-order valence-corrected chi connectivity index (χ1v) is 10.7. The molecule has 5 nitrogen and oxygen atoms in total. The maximum atomic E-state index is 12.0. The SMILES string of the molecule is COC(=O)c1ccncc1CC[C@@H]1CCOc2cc(N(C)c3ccc(Cl)cc3)ccc21. The summed E-state index contributed by atoms with van der Waals surface area (Å²) in [6.45, 7) is 0.683. The van der Waals surface area contributed by atoms with Crippen LogP contribution < -0.4 is 9.64 Å². The Morgan fingerprint density at radius 3 is 2.74 bits per heavy atom. The monoisotopic (exact) mass is 436 g/mol. The number of carbonyl (C=O) groups is 1. The van der Waals surface area contributed by atoms with Gasteiger partial charge in [-0.1, -0.05) is 17.7 Å². The fourth-order valence-electron chi connectivity index (χ4n) is 4.04. The Hall–Kier alpha value is -3.05. The van der Waals surface area contributed by atoms with Crippen molar-refractivity contribution in [1.29, 1.82) is 0 Å². The summed E-state index contributed by atoms with van der Waals surface area (Å²) in [5, 5.41) is 0.720. The van der Waals surface area contributed by atoms with Gasteiger partial charge in [-0.15, -0.1) is 0 Å². The minimum absolute atomic E-state index is 0.320. The zero-order valence-electron chi connectivity index (χ0n) is 17.7. The van der Waals surface area contributed by atoms with Crippen LogP contribution in [-0.2, 0) is 11.2 Å². The molecule has 0 saturated heterocycles. The van der Waals surface area contributed by atoms with Gasteiger partial charge in [-0.25, -0.2) is 4.79 Å². The van der Waals surface area contributed by atoms with Crippen molar-refractivity contribution in [2.24, 2.45) is 0 Å². The van der Waals surface area contributed by atoms with Crippen LogP contribution in [0.5, 0.6) is 5.75 Å². The zero-order chi connectivity index (χ0) is 21.8. The van der Waals surface area contributed by atoms with Gasteiger partial charge < -0.3 is 14.4 Å². The Morgan fingerprint density at radius 2 is 1.97 bits per heavy atom. The van der Waals surface area contributed by atoms with Crippen molar-refractivity contribution in [3.05, 3.63) is 82.6 Å². The van der Waals surface area contributed by atoms with E-state index in [9.17, 15) is 4.79 Å². The molecule has 1 aliphatic rings. The third-order valence-electron chi connectivity index (χ3n) is 5.83. The summed E-state index contributed by atoms with van der Waals surface area (Å²) in [5.74, 6) is 0.970. The number of methoxy groups -OCH3 is 1. The number of benzene rings is 2. The Balaban J connectivity index is 1.51. The Morgan fingerprint density at radius 1 is 1.19 bits per heavy atom. The largest absolute Gasteiger partial charge is 0.493 e. The normalized spacial score (nSPS) is 15.0. The molecule has 6 heteroatoms. The number of rotatable bonds is 6. The van der Waals surface area contributed by atoms with Crippen molar-refractivity contribution in [1.82, 2.24) is 4.98 Å². The molecule has 0 saturated carbocycles. The minimum atomic E-state index is -0.320. The van der Waals surface area contributed by atoms with Crippen molar-refractivity contribution >= 4 is 28.9 Å². The first kappa shape index (κ1) is 21.2. The van der Waals surface area contributed by atoms with Crippen LogP contribution in [0.1, 0.15) is 40.2 Å². The summed E-state index contributed by atoms with van der Waals surface area (Å²) >= 11 is 6.01. The second-order valence-corrected chi connectivity index (χ2v) is 8.09. The maximum absolute atomic E-state index is 12.0. The van der Waals surface area contributed by atoms with E-state index in [4.69, 9.17) is 21.1 Å². The number of aryl methyl sites for hydroxylation is 1. The van der Waals surface area contributed by atoms with E-state index in [2.05, 4.69) is 28.1 Å². The topological polar surface area (TPSA) is 51.7 Å². The summed E-state index contributed by atoms with van der Waals surface area (Å²) in [7, 11) is 3.43. The Labute approximate surface area is 187 Å². The molecular weight excluding hydrogens is 412 g/mol. The number of hydrogen-bond donors (Lipinski definition) is 0. The van der Waals surface area contributed by atoms with Gasteiger partial charge in [0, 0.05) is 41.9 Å². The molecule has 1 aromatic heterocycles. The van der Waals surface area contributed by atoms with Crippen molar-refractivity contribution in [2.45, 2.75) is 25.2 Å². The predicted molar refractivity (Wildman–Crippen MR) is 123 cm³/mol. The van der Waals surface area contributed by atoms with Crippen molar-refractivity contribution in [3.63, 3.8) is 0 Å². The highest BCUT2D eigenvalue weighted by Gasteiger charge is 2.23. The van der Waals surface area contributed by atoms with Gasteiger partial charge in [0.25, 0.3) is 0 Å². The van der Waals surface area contributed by atoms with Gasteiger partial charge in [-0.2, -0.15) is 0 Å². The lowest BCUT2D eigenvalue weighted by Gasteiger charge is -2.28. The molecule has 0 N–H and O–H groups in total. The third-order valence-corrected chi connectivity index (χ3v) is 6.09. The number of ether oxygens (including phenoxy) is 2. The van der Waals surface area contributed by atoms with Crippen molar-refractivity contribution < 1.29 is 14.3 Å². The van der Waals surface area contributed by atoms with E-state index in [0.717, 1.165) is 47.0 Å². The van der Waals surface area contributed by atoms with Gasteiger partial charge >= 0.3 is 5.97 Å². The molecule has 0 amide bonds. The average molecular weight is 437 g/mol. The molecule has 3 aromatic rings. The zero-order valence-corrected chi connectivity index (χ0v) is 18.4. The lowest BCUT2D eigenvalue weighted by Crippen LogP contribution is -2.17. The predicted octanol–water partition coefficient (Wildman–Crippen LogP) is 5.79. The van der Waals surface area contributed by atoms with Gasteiger partial charge in [-0.3, -0.25) is 4.98 Å². The summed E-state index contributed by atoms with van der Waals surface area (Å²) in [5.41, 5.74) is 4.83. The summed E-state index contributed by atoms with van der Waals surface area (Å²) in [6, 6.07) is 15.9. The van der Waals surface area contributed by atoms with Gasteiger partial charge in [0.1, 0.15) is 5.75 Å². The maximum Gasteiger partial charge on any atom is 0.338 e. The first-order valence-electron chi connectivity index (χ1n) is 10.3. The highest BCUT2D eigenvalue weighted by molar-refractivity contribution is 6.30. The van der Waals surface area contributed by atoms with Crippen LogP contribution in [0.25, 0.3) is 0 Å². The number of pyridine rings is 1. The second-order valence-electron chi connectivity index (χ2n) is 7.65. The van der Waals surface area contributed by atoms with Crippen LogP contribution in [0.4, 0.5) is 11.4 Å². The van der Waals surface area contributed by atoms with Crippen LogP contribution in [0.15, 0.2) is 60.9 Å². The second kappa shape index (κ2) is 9.40. The van der Waals surface area contributed by atoms with E-state index in [1.54, 1.807) is 18.5 Å². The molecule has 160 valence electrons. The summed E-state index contributed by atoms with van der Waals surface area (Å²) < 4.78 is 10.9. The molecule has 2 heterocycles. The number of carbonyl (C=O) groups excluding carboxylic acids is 1. The van der Waals surface area contributed by atoms with Crippen LogP contribution in [0.3, 0.4) is 0 Å². The van der Waals surface area contributed by atoms with Crippen molar-refractivity contribution in [2.75, 3.05) is 25.7 Å². The number of esters is 1. The number of fused-ring (bicyclic) bond motifs is 1. The van der Waals surface area contributed by atoms with E-state index < -0.39 is 0 Å². The Kier molecular flexibility index (Phi) is 6.42. The Bertz CT molecular complexity index is 1070. The summed E-state index contributed by atoms with van der Waals surface area (Å²) in [6.07, 6.45) is 6.01. The molecule has 0 fully saturated rings. The first-order chi connectivity index (χ1) is 15.1. The van der Waals surface area contributed by atoms with E-state index in [1.165, 1.54) is 12.7 Å². The molecule has 0 aliphatic carbocycles. The quantitative estimate of drug-likeness (QED) is 0.458. The molecule has 4 rings (SSSR count). The number of aromatic nitrogens is 1. The number of nitrogens with zero attached hydrogens (tertiary/aromatic N) is 2. The van der Waals surface area contributed by atoms with Crippen LogP contribution >= 0.6 is 11.6 Å². The minimum Gasteiger partial charge on any atom is -0.493 e. The molecule has 1 aliphatic heterocycles.